The Morgan fingerprint density at radius 3 is 2.64 bits per heavy atom. The Balaban J connectivity index is 1.87. The number of hydrogen-bond donors (Lipinski definition) is 1. The molecule has 2 heterocycles. The fourth-order valence-corrected chi connectivity index (χ4v) is 3.55. The Kier molecular flexibility index (Phi) is 6.71. The Bertz CT molecular complexity index is 1040. The molecule has 8 nitrogen and oxygen atoms in total. The van der Waals surface area contributed by atoms with E-state index >= 15 is 0 Å². The minimum Gasteiger partial charge on any atom is -0.355 e. The highest BCUT2D eigenvalue weighted by atomic mass is 19.4. The molecule has 2 N–H and O–H groups in total. The van der Waals surface area contributed by atoms with Crippen LogP contribution in [0, 0.1) is 6.57 Å². The van der Waals surface area contributed by atoms with Crippen molar-refractivity contribution in [1.82, 2.24) is 15.0 Å². The Morgan fingerprint density at radius 1 is 1.30 bits per heavy atom. The molecule has 0 radical (unpaired) electrons. The molecule has 2 aromatic rings. The van der Waals surface area contributed by atoms with Crippen LogP contribution in [-0.2, 0) is 12.7 Å². The standard InChI is InChI=1S/C19H18F6N6O2/c1-27-14-5-4-12(7-13(14)19(23,24)25)31(10-18(20,21)22)9-15-28-16(33-29-15)11-3-2-6-30(8-11)17(26)32/h4-5,7,11H,2-3,6,8-10H2,(H2,26,32). The number of alkyl halides is 6. The molecule has 1 unspecified atom stereocenters. The van der Waals surface area contributed by atoms with Crippen molar-refractivity contribution in [3.63, 3.8) is 0 Å². The van der Waals surface area contributed by atoms with Crippen LogP contribution >= 0.6 is 0 Å². The van der Waals surface area contributed by atoms with Gasteiger partial charge in [0.25, 0.3) is 0 Å². The minimum absolute atomic E-state index is 0.0993. The first kappa shape index (κ1) is 24.1. The van der Waals surface area contributed by atoms with E-state index in [9.17, 15) is 31.1 Å². The molecule has 178 valence electrons. The maximum Gasteiger partial charge on any atom is 0.407 e. The highest BCUT2D eigenvalue weighted by molar-refractivity contribution is 5.72. The first-order valence-corrected chi connectivity index (χ1v) is 9.64. The van der Waals surface area contributed by atoms with Crippen molar-refractivity contribution in [3.05, 3.63) is 46.9 Å². The van der Waals surface area contributed by atoms with E-state index in [1.54, 1.807) is 0 Å². The Labute approximate surface area is 183 Å². The van der Waals surface area contributed by atoms with Gasteiger partial charge in [-0.2, -0.15) is 31.3 Å². The number of primary amides is 1. The zero-order valence-electron chi connectivity index (χ0n) is 16.9. The number of hydrogen-bond acceptors (Lipinski definition) is 5. The summed E-state index contributed by atoms with van der Waals surface area (Å²) in [5.74, 6) is -0.436. The van der Waals surface area contributed by atoms with Gasteiger partial charge in [0.05, 0.1) is 24.6 Å². The second-order valence-electron chi connectivity index (χ2n) is 7.45. The summed E-state index contributed by atoms with van der Waals surface area (Å²) in [5.41, 5.74) is 2.80. The van der Waals surface area contributed by atoms with Crippen LogP contribution in [0.2, 0.25) is 0 Å². The first-order valence-electron chi connectivity index (χ1n) is 9.64. The number of nitrogens with zero attached hydrogens (tertiary/aromatic N) is 5. The SMILES string of the molecule is [C-]#[N+]c1ccc(N(Cc2noc(C3CCCN(C(N)=O)C3)n2)CC(F)(F)F)cc1C(F)(F)F. The van der Waals surface area contributed by atoms with Gasteiger partial charge in [0, 0.05) is 18.8 Å². The smallest absolute Gasteiger partial charge is 0.355 e. The summed E-state index contributed by atoms with van der Waals surface area (Å²) >= 11 is 0. The van der Waals surface area contributed by atoms with Crippen LogP contribution in [0.5, 0.6) is 0 Å². The van der Waals surface area contributed by atoms with Crippen molar-refractivity contribution in [2.75, 3.05) is 24.5 Å². The van der Waals surface area contributed by atoms with E-state index in [-0.39, 0.29) is 24.2 Å². The quantitative estimate of drug-likeness (QED) is 0.508. The van der Waals surface area contributed by atoms with Gasteiger partial charge in [-0.25, -0.2) is 9.64 Å². The maximum absolute atomic E-state index is 13.3. The van der Waals surface area contributed by atoms with Gasteiger partial charge >= 0.3 is 18.4 Å². The average molecular weight is 476 g/mol. The lowest BCUT2D eigenvalue weighted by atomic mass is 9.98. The van der Waals surface area contributed by atoms with E-state index < -0.39 is 48.4 Å². The minimum atomic E-state index is -4.92. The third kappa shape index (κ3) is 6.05. The lowest BCUT2D eigenvalue weighted by Crippen LogP contribution is -2.42. The highest BCUT2D eigenvalue weighted by Gasteiger charge is 2.36. The van der Waals surface area contributed by atoms with Crippen LogP contribution < -0.4 is 10.6 Å². The topological polar surface area (TPSA) is 92.9 Å². The van der Waals surface area contributed by atoms with Gasteiger partial charge in [0.15, 0.2) is 11.5 Å². The number of aromatic nitrogens is 2. The molecule has 1 aromatic heterocycles. The number of carbonyl (C=O) groups excluding carboxylic acids is 1. The van der Waals surface area contributed by atoms with Gasteiger partial charge in [0.1, 0.15) is 6.54 Å². The fraction of sp³-hybridized carbons (Fsp3) is 0.474. The molecule has 1 aliphatic rings. The molecule has 1 aromatic carbocycles. The first-order chi connectivity index (χ1) is 15.4. The normalized spacial score (nSPS) is 17.0. The molecule has 0 aliphatic carbocycles. The number of benzene rings is 1. The van der Waals surface area contributed by atoms with Crippen molar-refractivity contribution in [1.29, 1.82) is 0 Å². The summed E-state index contributed by atoms with van der Waals surface area (Å²) in [7, 11) is 0. The van der Waals surface area contributed by atoms with E-state index in [0.717, 1.165) is 12.1 Å². The van der Waals surface area contributed by atoms with Crippen LogP contribution in [0.15, 0.2) is 22.7 Å². The van der Waals surface area contributed by atoms with Gasteiger partial charge in [-0.15, -0.1) is 0 Å². The summed E-state index contributed by atoms with van der Waals surface area (Å²) < 4.78 is 84.5. The summed E-state index contributed by atoms with van der Waals surface area (Å²) in [6.07, 6.45) is -8.47. The molecular weight excluding hydrogens is 458 g/mol. The summed E-state index contributed by atoms with van der Waals surface area (Å²) in [5, 5.41) is 3.66. The predicted octanol–water partition coefficient (Wildman–Crippen LogP) is 4.47. The highest BCUT2D eigenvalue weighted by Crippen LogP contribution is 2.39. The van der Waals surface area contributed by atoms with Gasteiger partial charge in [-0.3, -0.25) is 0 Å². The van der Waals surface area contributed by atoms with Crippen LogP contribution in [0.4, 0.5) is 42.5 Å². The summed E-state index contributed by atoms with van der Waals surface area (Å²) in [6, 6.07) is 1.68. The number of urea groups is 1. The molecule has 3 rings (SSSR count). The van der Waals surface area contributed by atoms with Crippen molar-refractivity contribution < 1.29 is 35.7 Å². The third-order valence-corrected chi connectivity index (χ3v) is 5.04. The molecule has 0 bridgehead atoms. The molecule has 1 saturated heterocycles. The van der Waals surface area contributed by atoms with Crippen molar-refractivity contribution >= 4 is 17.4 Å². The zero-order chi connectivity index (χ0) is 24.4. The van der Waals surface area contributed by atoms with E-state index in [2.05, 4.69) is 15.0 Å². The Hall–Kier alpha value is -3.50. The number of amides is 2. The molecule has 1 aliphatic heterocycles. The van der Waals surface area contributed by atoms with Gasteiger partial charge in [-0.05, 0) is 25.0 Å². The molecule has 33 heavy (non-hydrogen) atoms. The second-order valence-corrected chi connectivity index (χ2v) is 7.45. The van der Waals surface area contributed by atoms with E-state index in [1.165, 1.54) is 4.90 Å². The fourth-order valence-electron chi connectivity index (χ4n) is 3.55. The number of nitrogens with two attached hydrogens (primary N) is 1. The van der Waals surface area contributed by atoms with Gasteiger partial charge in [0.2, 0.25) is 5.89 Å². The number of halogens is 6. The van der Waals surface area contributed by atoms with E-state index in [1.807, 2.05) is 0 Å². The zero-order valence-corrected chi connectivity index (χ0v) is 16.9. The molecule has 0 spiro atoms. The molecular formula is C19H18F6N6O2. The molecule has 14 heteroatoms. The predicted molar refractivity (Wildman–Crippen MR) is 102 cm³/mol. The Morgan fingerprint density at radius 2 is 2.03 bits per heavy atom. The van der Waals surface area contributed by atoms with Crippen LogP contribution in [0.1, 0.15) is 36.0 Å². The molecule has 1 atom stereocenters. The summed E-state index contributed by atoms with van der Waals surface area (Å²) in [6.45, 7) is 5.36. The van der Waals surface area contributed by atoms with Crippen LogP contribution in [0.25, 0.3) is 4.85 Å². The molecule has 0 saturated carbocycles. The van der Waals surface area contributed by atoms with Gasteiger partial charge in [-0.1, -0.05) is 11.2 Å². The van der Waals surface area contributed by atoms with Crippen molar-refractivity contribution in [2.24, 2.45) is 5.73 Å². The van der Waals surface area contributed by atoms with Gasteiger partial charge < -0.3 is 20.1 Å². The molecule has 2 amide bonds. The molecule has 1 fully saturated rings. The monoisotopic (exact) mass is 476 g/mol. The van der Waals surface area contributed by atoms with Crippen molar-refractivity contribution in [3.8, 4) is 0 Å². The van der Waals surface area contributed by atoms with E-state index in [0.29, 0.717) is 30.4 Å². The summed E-state index contributed by atoms with van der Waals surface area (Å²) in [4.78, 5) is 20.3. The lowest BCUT2D eigenvalue weighted by Gasteiger charge is -2.29. The third-order valence-electron chi connectivity index (χ3n) is 5.04. The number of rotatable bonds is 5. The average Bonchev–Trinajstić information content (AvgIpc) is 3.20. The second kappa shape index (κ2) is 9.16. The number of carbonyl (C=O) groups is 1. The largest absolute Gasteiger partial charge is 0.407 e. The van der Waals surface area contributed by atoms with Crippen molar-refractivity contribution in [2.45, 2.75) is 37.7 Å². The lowest BCUT2D eigenvalue weighted by molar-refractivity contribution is -0.136. The maximum atomic E-state index is 13.3. The number of piperidine rings is 1. The number of likely N-dealkylation sites (tertiary alicyclic amines) is 1. The van der Waals surface area contributed by atoms with E-state index in [4.69, 9.17) is 16.8 Å². The number of anilines is 1. The van der Waals surface area contributed by atoms with Crippen LogP contribution in [0.3, 0.4) is 0 Å². The van der Waals surface area contributed by atoms with Crippen LogP contribution in [-0.4, -0.2) is 46.9 Å².